The van der Waals surface area contributed by atoms with Gasteiger partial charge in [-0.25, -0.2) is 0 Å². The molecule has 2 aliphatic rings. The molecule has 3 nitrogen and oxygen atoms in total. The minimum atomic E-state index is 0. The Morgan fingerprint density at radius 1 is 1.29 bits per heavy atom. The number of piperidine rings is 1. The monoisotopic (exact) mass is 252 g/mol. The van der Waals surface area contributed by atoms with Crippen molar-refractivity contribution in [3.8, 4) is 0 Å². The van der Waals surface area contributed by atoms with Crippen molar-refractivity contribution in [2.75, 3.05) is 0 Å². The Morgan fingerprint density at radius 3 is 2.59 bits per heavy atom. The van der Waals surface area contributed by atoms with Crippen LogP contribution in [0.15, 0.2) is 24.5 Å². The molecule has 0 aromatic carbocycles. The number of aromatic nitrogens is 1. The van der Waals surface area contributed by atoms with Gasteiger partial charge in [0, 0.05) is 36.0 Å². The molecule has 1 aromatic heterocycles. The third-order valence-corrected chi connectivity index (χ3v) is 3.79. The summed E-state index contributed by atoms with van der Waals surface area (Å²) in [6, 6.07) is 4.86. The maximum atomic E-state index is 12.3. The molecule has 17 heavy (non-hydrogen) atoms. The molecule has 2 unspecified atom stereocenters. The first-order valence-electron chi connectivity index (χ1n) is 6.03. The van der Waals surface area contributed by atoms with Gasteiger partial charge in [-0.05, 0) is 37.8 Å². The van der Waals surface area contributed by atoms with E-state index in [2.05, 4.69) is 10.3 Å². The van der Waals surface area contributed by atoms with Crippen LogP contribution in [0.3, 0.4) is 0 Å². The first-order chi connectivity index (χ1) is 7.83. The quantitative estimate of drug-likeness (QED) is 0.821. The van der Waals surface area contributed by atoms with Crippen LogP contribution in [0.2, 0.25) is 0 Å². The third-order valence-electron chi connectivity index (χ3n) is 3.79. The van der Waals surface area contributed by atoms with Crippen molar-refractivity contribution in [3.05, 3.63) is 30.1 Å². The minimum absolute atomic E-state index is 0. The SMILES string of the molecule is Cl.O=C(c1cccnc1)C1CC2CCC(C1)N2. The highest BCUT2D eigenvalue weighted by atomic mass is 35.5. The molecule has 3 heterocycles. The van der Waals surface area contributed by atoms with Gasteiger partial charge in [0.2, 0.25) is 0 Å². The highest BCUT2D eigenvalue weighted by Gasteiger charge is 2.36. The summed E-state index contributed by atoms with van der Waals surface area (Å²) in [6.45, 7) is 0. The highest BCUT2D eigenvalue weighted by molar-refractivity contribution is 5.97. The van der Waals surface area contributed by atoms with E-state index in [0.29, 0.717) is 12.1 Å². The number of hydrogen-bond acceptors (Lipinski definition) is 3. The van der Waals surface area contributed by atoms with Crippen LogP contribution >= 0.6 is 12.4 Å². The van der Waals surface area contributed by atoms with Crippen molar-refractivity contribution < 1.29 is 4.79 Å². The van der Waals surface area contributed by atoms with Crippen LogP contribution in [0.5, 0.6) is 0 Å². The fourth-order valence-electron chi connectivity index (χ4n) is 3.02. The Morgan fingerprint density at radius 2 is 2.00 bits per heavy atom. The normalized spacial score (nSPS) is 30.7. The largest absolute Gasteiger partial charge is 0.311 e. The molecule has 2 aliphatic heterocycles. The Kier molecular flexibility index (Phi) is 3.79. The van der Waals surface area contributed by atoms with Gasteiger partial charge in [0.1, 0.15) is 0 Å². The summed E-state index contributed by atoms with van der Waals surface area (Å²) in [5, 5.41) is 3.56. The van der Waals surface area contributed by atoms with Gasteiger partial charge in [-0.3, -0.25) is 9.78 Å². The second-order valence-electron chi connectivity index (χ2n) is 4.91. The van der Waals surface area contributed by atoms with Crippen LogP contribution in [-0.4, -0.2) is 22.9 Å². The molecule has 4 heteroatoms. The van der Waals surface area contributed by atoms with Crippen LogP contribution in [0.25, 0.3) is 0 Å². The lowest BCUT2D eigenvalue weighted by Gasteiger charge is -2.27. The Bertz CT molecular complexity index is 384. The number of nitrogens with one attached hydrogen (secondary N) is 1. The summed E-state index contributed by atoms with van der Waals surface area (Å²) in [6.07, 6.45) is 7.88. The van der Waals surface area contributed by atoms with Crippen molar-refractivity contribution in [3.63, 3.8) is 0 Å². The Balaban J connectivity index is 0.00000108. The summed E-state index contributed by atoms with van der Waals surface area (Å²) in [7, 11) is 0. The van der Waals surface area contributed by atoms with Crippen molar-refractivity contribution in [1.82, 2.24) is 10.3 Å². The third kappa shape index (κ3) is 2.50. The smallest absolute Gasteiger partial charge is 0.167 e. The molecule has 1 N–H and O–H groups in total. The standard InChI is InChI=1S/C13H16N2O.ClH/c16-13(9-2-1-5-14-8-9)10-6-11-3-4-12(7-10)15-11;/h1-2,5,8,10-12,15H,3-4,6-7H2;1H. The molecule has 3 rings (SSSR count). The number of Topliss-reactive ketones (excluding diaryl/α,β-unsaturated/α-hetero) is 1. The van der Waals surface area contributed by atoms with Crippen molar-refractivity contribution >= 4 is 18.2 Å². The van der Waals surface area contributed by atoms with Crippen LogP contribution in [0, 0.1) is 5.92 Å². The Labute approximate surface area is 107 Å². The highest BCUT2D eigenvalue weighted by Crippen LogP contribution is 2.32. The van der Waals surface area contributed by atoms with E-state index in [9.17, 15) is 4.79 Å². The summed E-state index contributed by atoms with van der Waals surface area (Å²) in [5.41, 5.74) is 0.772. The number of rotatable bonds is 2. The number of fused-ring (bicyclic) bond motifs is 2. The second-order valence-corrected chi connectivity index (χ2v) is 4.91. The maximum Gasteiger partial charge on any atom is 0.167 e. The first kappa shape index (κ1) is 12.5. The lowest BCUT2D eigenvalue weighted by atomic mass is 9.86. The Hall–Kier alpha value is -0.930. The fraction of sp³-hybridized carbons (Fsp3) is 0.538. The van der Waals surface area contributed by atoms with Gasteiger partial charge >= 0.3 is 0 Å². The van der Waals surface area contributed by atoms with Gasteiger partial charge in [-0.15, -0.1) is 12.4 Å². The summed E-state index contributed by atoms with van der Waals surface area (Å²) >= 11 is 0. The second kappa shape index (κ2) is 5.15. The van der Waals surface area contributed by atoms with E-state index >= 15 is 0 Å². The van der Waals surface area contributed by atoms with Crippen LogP contribution in [0.1, 0.15) is 36.0 Å². The minimum Gasteiger partial charge on any atom is -0.311 e. The average Bonchev–Trinajstić information content (AvgIpc) is 2.68. The van der Waals surface area contributed by atoms with Crippen molar-refractivity contribution in [2.24, 2.45) is 5.92 Å². The van der Waals surface area contributed by atoms with Gasteiger partial charge in [0.15, 0.2) is 5.78 Å². The molecule has 2 atom stereocenters. The molecule has 92 valence electrons. The lowest BCUT2D eigenvalue weighted by Crippen LogP contribution is -2.40. The molecule has 2 bridgehead atoms. The predicted octanol–water partition coefficient (Wildman–Crippen LogP) is 2.22. The van der Waals surface area contributed by atoms with E-state index in [1.54, 1.807) is 12.4 Å². The summed E-state index contributed by atoms with van der Waals surface area (Å²) in [5.74, 6) is 0.495. The lowest BCUT2D eigenvalue weighted by molar-refractivity contribution is 0.0875. The molecule has 2 fully saturated rings. The van der Waals surface area contributed by atoms with E-state index in [0.717, 1.165) is 18.4 Å². The van der Waals surface area contributed by atoms with Gasteiger partial charge in [-0.2, -0.15) is 0 Å². The van der Waals surface area contributed by atoms with E-state index in [-0.39, 0.29) is 24.1 Å². The number of nitrogens with zero attached hydrogens (tertiary/aromatic N) is 1. The molecule has 0 amide bonds. The van der Waals surface area contributed by atoms with E-state index < -0.39 is 0 Å². The zero-order valence-corrected chi connectivity index (χ0v) is 10.5. The van der Waals surface area contributed by atoms with Gasteiger partial charge in [0.05, 0.1) is 0 Å². The average molecular weight is 253 g/mol. The zero-order chi connectivity index (χ0) is 11.0. The van der Waals surface area contributed by atoms with Crippen molar-refractivity contribution in [2.45, 2.75) is 37.8 Å². The zero-order valence-electron chi connectivity index (χ0n) is 9.63. The molecular weight excluding hydrogens is 236 g/mol. The van der Waals surface area contributed by atoms with E-state index in [1.165, 1.54) is 12.8 Å². The van der Waals surface area contributed by atoms with E-state index in [1.807, 2.05) is 12.1 Å². The first-order valence-corrected chi connectivity index (χ1v) is 6.03. The van der Waals surface area contributed by atoms with Gasteiger partial charge in [0.25, 0.3) is 0 Å². The number of pyridine rings is 1. The van der Waals surface area contributed by atoms with Gasteiger partial charge < -0.3 is 5.32 Å². The number of hydrogen-bond donors (Lipinski definition) is 1. The van der Waals surface area contributed by atoms with E-state index in [4.69, 9.17) is 0 Å². The molecule has 1 aromatic rings. The van der Waals surface area contributed by atoms with Crippen LogP contribution < -0.4 is 5.32 Å². The van der Waals surface area contributed by atoms with Gasteiger partial charge in [-0.1, -0.05) is 0 Å². The van der Waals surface area contributed by atoms with Crippen LogP contribution in [0.4, 0.5) is 0 Å². The molecule has 0 saturated carbocycles. The van der Waals surface area contributed by atoms with Crippen molar-refractivity contribution in [1.29, 1.82) is 0 Å². The summed E-state index contributed by atoms with van der Waals surface area (Å²) in [4.78, 5) is 16.3. The van der Waals surface area contributed by atoms with Crippen LogP contribution in [-0.2, 0) is 0 Å². The number of carbonyl (C=O) groups excluding carboxylic acids is 1. The molecule has 0 aliphatic carbocycles. The predicted molar refractivity (Wildman–Crippen MR) is 68.5 cm³/mol. The maximum absolute atomic E-state index is 12.3. The summed E-state index contributed by atoms with van der Waals surface area (Å²) < 4.78 is 0. The molecule has 2 saturated heterocycles. The molecule has 0 spiro atoms. The topological polar surface area (TPSA) is 42.0 Å². The number of ketones is 1. The number of carbonyl (C=O) groups is 1. The fourth-order valence-corrected chi connectivity index (χ4v) is 3.02. The number of halogens is 1. The molecular formula is C13H17ClN2O. The molecule has 0 radical (unpaired) electrons.